The lowest BCUT2D eigenvalue weighted by Gasteiger charge is -2.29. The fourth-order valence-electron chi connectivity index (χ4n) is 3.18. The van der Waals surface area contributed by atoms with E-state index in [-0.39, 0.29) is 17.9 Å². The summed E-state index contributed by atoms with van der Waals surface area (Å²) in [6.45, 7) is 4.54. The lowest BCUT2D eigenvalue weighted by molar-refractivity contribution is -0.143. The molecule has 0 N–H and O–H groups in total. The summed E-state index contributed by atoms with van der Waals surface area (Å²) >= 11 is 0. The summed E-state index contributed by atoms with van der Waals surface area (Å²) in [4.78, 5) is 28.5. The van der Waals surface area contributed by atoms with Gasteiger partial charge in [0.2, 0.25) is 11.8 Å². The molecule has 0 aromatic heterocycles. The van der Waals surface area contributed by atoms with E-state index in [0.717, 1.165) is 51.7 Å². The average molecular weight is 266 g/mol. The fraction of sp³-hybridized carbons (Fsp3) is 0.867. The Morgan fingerprint density at radius 3 is 2.32 bits per heavy atom. The van der Waals surface area contributed by atoms with Crippen molar-refractivity contribution in [3.05, 3.63) is 0 Å². The first-order chi connectivity index (χ1) is 9.24. The van der Waals surface area contributed by atoms with Gasteiger partial charge in [-0.3, -0.25) is 9.59 Å². The van der Waals surface area contributed by atoms with Crippen LogP contribution >= 0.6 is 0 Å². The third kappa shape index (κ3) is 3.48. The molecule has 2 aliphatic heterocycles. The topological polar surface area (TPSA) is 40.6 Å². The smallest absolute Gasteiger partial charge is 0.245 e. The SMILES string of the molecule is CCCC(=O)N1CCC[C@@H]1C(=O)N1CCCCCC1. The maximum Gasteiger partial charge on any atom is 0.245 e. The number of hydrogen-bond donors (Lipinski definition) is 0. The summed E-state index contributed by atoms with van der Waals surface area (Å²) in [5, 5.41) is 0. The van der Waals surface area contributed by atoms with E-state index in [1.54, 1.807) is 0 Å². The van der Waals surface area contributed by atoms with Crippen molar-refractivity contribution in [1.29, 1.82) is 0 Å². The molecule has 0 saturated carbocycles. The fourth-order valence-corrected chi connectivity index (χ4v) is 3.18. The van der Waals surface area contributed by atoms with Gasteiger partial charge in [0, 0.05) is 26.1 Å². The zero-order valence-corrected chi connectivity index (χ0v) is 12.1. The van der Waals surface area contributed by atoms with Crippen molar-refractivity contribution in [2.75, 3.05) is 19.6 Å². The largest absolute Gasteiger partial charge is 0.341 e. The lowest BCUT2D eigenvalue weighted by atomic mass is 10.1. The van der Waals surface area contributed by atoms with Gasteiger partial charge in [0.1, 0.15) is 6.04 Å². The number of carbonyl (C=O) groups is 2. The highest BCUT2D eigenvalue weighted by atomic mass is 16.2. The van der Waals surface area contributed by atoms with Crippen molar-refractivity contribution in [2.45, 2.75) is 64.3 Å². The highest BCUT2D eigenvalue weighted by Crippen LogP contribution is 2.22. The molecule has 2 saturated heterocycles. The Morgan fingerprint density at radius 1 is 1.00 bits per heavy atom. The van der Waals surface area contributed by atoms with Crippen molar-refractivity contribution in [3.63, 3.8) is 0 Å². The van der Waals surface area contributed by atoms with Gasteiger partial charge in [-0.05, 0) is 32.1 Å². The van der Waals surface area contributed by atoms with Gasteiger partial charge in [-0.25, -0.2) is 0 Å². The second kappa shape index (κ2) is 6.92. The van der Waals surface area contributed by atoms with Gasteiger partial charge < -0.3 is 9.80 Å². The van der Waals surface area contributed by atoms with Crippen LogP contribution in [0.3, 0.4) is 0 Å². The first kappa shape index (κ1) is 14.4. The zero-order chi connectivity index (χ0) is 13.7. The van der Waals surface area contributed by atoms with Crippen LogP contribution in [0.4, 0.5) is 0 Å². The van der Waals surface area contributed by atoms with Gasteiger partial charge in [-0.2, -0.15) is 0 Å². The van der Waals surface area contributed by atoms with Crippen molar-refractivity contribution in [3.8, 4) is 0 Å². The number of amides is 2. The van der Waals surface area contributed by atoms with Crippen molar-refractivity contribution in [1.82, 2.24) is 9.80 Å². The molecular formula is C15H26N2O2. The van der Waals surface area contributed by atoms with Gasteiger partial charge in [0.15, 0.2) is 0 Å². The monoisotopic (exact) mass is 266 g/mol. The Kier molecular flexibility index (Phi) is 5.23. The molecule has 2 rings (SSSR count). The molecule has 0 spiro atoms. The second-order valence-electron chi connectivity index (χ2n) is 5.73. The molecule has 0 aliphatic carbocycles. The van der Waals surface area contributed by atoms with E-state index < -0.39 is 0 Å². The summed E-state index contributed by atoms with van der Waals surface area (Å²) in [7, 11) is 0. The average Bonchev–Trinajstić information content (AvgIpc) is 2.73. The predicted molar refractivity (Wildman–Crippen MR) is 74.7 cm³/mol. The molecule has 0 aromatic carbocycles. The standard InChI is InChI=1S/C15H26N2O2/c1-2-8-14(18)17-12-7-9-13(17)15(19)16-10-5-3-4-6-11-16/h13H,2-12H2,1H3/t13-/m1/s1. The lowest BCUT2D eigenvalue weighted by Crippen LogP contribution is -2.48. The Hall–Kier alpha value is -1.06. The predicted octanol–water partition coefficient (Wildman–Crippen LogP) is 2.18. The quantitative estimate of drug-likeness (QED) is 0.785. The van der Waals surface area contributed by atoms with Crippen LogP contribution in [0.1, 0.15) is 58.3 Å². The number of carbonyl (C=O) groups excluding carboxylic acids is 2. The molecule has 0 unspecified atom stereocenters. The molecule has 2 fully saturated rings. The molecule has 2 heterocycles. The highest BCUT2D eigenvalue weighted by Gasteiger charge is 2.35. The van der Waals surface area contributed by atoms with E-state index >= 15 is 0 Å². The molecule has 0 aromatic rings. The molecule has 2 aliphatic rings. The van der Waals surface area contributed by atoms with Crippen molar-refractivity contribution in [2.24, 2.45) is 0 Å². The summed E-state index contributed by atoms with van der Waals surface area (Å²) < 4.78 is 0. The van der Waals surface area contributed by atoms with Gasteiger partial charge in [0.25, 0.3) is 0 Å². The molecular weight excluding hydrogens is 240 g/mol. The summed E-state index contributed by atoms with van der Waals surface area (Å²) in [6, 6.07) is -0.169. The van der Waals surface area contributed by atoms with Crippen LogP contribution in [0.2, 0.25) is 0 Å². The maximum atomic E-state index is 12.6. The molecule has 0 bridgehead atoms. The van der Waals surface area contributed by atoms with E-state index in [0.29, 0.717) is 6.42 Å². The van der Waals surface area contributed by atoms with Crippen LogP contribution in [0, 0.1) is 0 Å². The van der Waals surface area contributed by atoms with E-state index in [4.69, 9.17) is 0 Å². The van der Waals surface area contributed by atoms with Crippen LogP contribution in [-0.4, -0.2) is 47.3 Å². The molecule has 1 atom stereocenters. The highest BCUT2D eigenvalue weighted by molar-refractivity contribution is 5.88. The van der Waals surface area contributed by atoms with Crippen LogP contribution in [-0.2, 0) is 9.59 Å². The van der Waals surface area contributed by atoms with Crippen molar-refractivity contribution < 1.29 is 9.59 Å². The molecule has 108 valence electrons. The van der Waals surface area contributed by atoms with Gasteiger partial charge >= 0.3 is 0 Å². The molecule has 0 radical (unpaired) electrons. The Balaban J connectivity index is 1.98. The Bertz CT molecular complexity index is 322. The normalized spacial score (nSPS) is 24.4. The van der Waals surface area contributed by atoms with Gasteiger partial charge in [-0.15, -0.1) is 0 Å². The number of hydrogen-bond acceptors (Lipinski definition) is 2. The Morgan fingerprint density at radius 2 is 1.68 bits per heavy atom. The zero-order valence-electron chi connectivity index (χ0n) is 12.1. The molecule has 4 nitrogen and oxygen atoms in total. The van der Waals surface area contributed by atoms with Crippen LogP contribution < -0.4 is 0 Å². The number of likely N-dealkylation sites (tertiary alicyclic amines) is 2. The summed E-state index contributed by atoms with van der Waals surface area (Å²) in [5.41, 5.74) is 0. The maximum absolute atomic E-state index is 12.6. The van der Waals surface area contributed by atoms with Crippen LogP contribution in [0.25, 0.3) is 0 Å². The molecule has 4 heteroatoms. The first-order valence-corrected chi connectivity index (χ1v) is 7.82. The van der Waals surface area contributed by atoms with E-state index in [2.05, 4.69) is 0 Å². The first-order valence-electron chi connectivity index (χ1n) is 7.82. The van der Waals surface area contributed by atoms with E-state index in [1.165, 1.54) is 12.8 Å². The summed E-state index contributed by atoms with van der Waals surface area (Å²) in [5.74, 6) is 0.358. The van der Waals surface area contributed by atoms with Gasteiger partial charge in [-0.1, -0.05) is 19.8 Å². The van der Waals surface area contributed by atoms with Gasteiger partial charge in [0.05, 0.1) is 0 Å². The van der Waals surface area contributed by atoms with Crippen LogP contribution in [0.5, 0.6) is 0 Å². The summed E-state index contributed by atoms with van der Waals surface area (Å²) in [6.07, 6.45) is 7.94. The van der Waals surface area contributed by atoms with Crippen LogP contribution in [0.15, 0.2) is 0 Å². The number of nitrogens with zero attached hydrogens (tertiary/aromatic N) is 2. The third-order valence-corrected chi connectivity index (χ3v) is 4.24. The minimum absolute atomic E-state index is 0.160. The number of rotatable bonds is 3. The van der Waals surface area contributed by atoms with E-state index in [9.17, 15) is 9.59 Å². The Labute approximate surface area is 116 Å². The third-order valence-electron chi connectivity index (χ3n) is 4.24. The molecule has 2 amide bonds. The van der Waals surface area contributed by atoms with Crippen molar-refractivity contribution >= 4 is 11.8 Å². The molecule has 19 heavy (non-hydrogen) atoms. The van der Waals surface area contributed by atoms with E-state index in [1.807, 2.05) is 16.7 Å². The second-order valence-corrected chi connectivity index (χ2v) is 5.73. The minimum Gasteiger partial charge on any atom is -0.341 e. The minimum atomic E-state index is -0.169.